The van der Waals surface area contributed by atoms with E-state index >= 15 is 0 Å². The zero-order valence-electron chi connectivity index (χ0n) is 45.0. The molecule has 6 aromatic rings. The molecule has 0 saturated carbocycles. The summed E-state index contributed by atoms with van der Waals surface area (Å²) in [5.74, 6) is 0.878. The molecule has 5 N–H and O–H groups in total. The Labute approximate surface area is 448 Å². The average Bonchev–Trinajstić information content (AvgIpc) is 4.05. The number of likely N-dealkylation sites (tertiary alicyclic amines) is 3. The number of ether oxygens (including phenoxy) is 2. The third-order valence-electron chi connectivity index (χ3n) is 14.1. The summed E-state index contributed by atoms with van der Waals surface area (Å²) in [6.45, 7) is 17.8. The van der Waals surface area contributed by atoms with E-state index in [0.717, 1.165) is 64.3 Å². The van der Waals surface area contributed by atoms with Crippen LogP contribution in [0.4, 0.5) is 41.6 Å². The summed E-state index contributed by atoms with van der Waals surface area (Å²) in [7, 11) is 1.93. The number of carbonyl (C=O) groups excluding carboxylic acids is 2. The van der Waals surface area contributed by atoms with Crippen LogP contribution in [-0.2, 0) is 22.6 Å². The lowest BCUT2D eigenvalue weighted by Crippen LogP contribution is -2.58. The molecule has 77 heavy (non-hydrogen) atoms. The summed E-state index contributed by atoms with van der Waals surface area (Å²) in [4.78, 5) is 48.4. The van der Waals surface area contributed by atoms with E-state index < -0.39 is 12.3 Å². The molecule has 22 heteroatoms. The fourth-order valence-corrected chi connectivity index (χ4v) is 9.85. The van der Waals surface area contributed by atoms with Crippen LogP contribution in [0.5, 0.6) is 0 Å². The van der Waals surface area contributed by atoms with Gasteiger partial charge in [0.2, 0.25) is 11.9 Å². The lowest BCUT2D eigenvalue weighted by Gasteiger charge is -2.39. The fourth-order valence-electron chi connectivity index (χ4n) is 9.85. The first-order valence-corrected chi connectivity index (χ1v) is 26.6. The van der Waals surface area contributed by atoms with Crippen molar-refractivity contribution in [2.75, 3.05) is 70.0 Å². The first-order chi connectivity index (χ1) is 37.1. The molecule has 0 unspecified atom stereocenters. The number of aryl methyl sites for hydroxylation is 2. The van der Waals surface area contributed by atoms with Gasteiger partial charge in [0.1, 0.15) is 12.3 Å². The van der Waals surface area contributed by atoms with Crippen molar-refractivity contribution >= 4 is 35.3 Å². The first kappa shape index (κ1) is 54.6. The number of rotatable bonds is 16. The topological polar surface area (TPSA) is 210 Å². The van der Waals surface area contributed by atoms with Gasteiger partial charge in [-0.05, 0) is 114 Å². The molecule has 20 nitrogen and oxygen atoms in total. The highest BCUT2D eigenvalue weighted by Crippen LogP contribution is 2.29. The van der Waals surface area contributed by atoms with Gasteiger partial charge in [0, 0.05) is 68.6 Å². The molecular formula is C55H72F2N16O4. The van der Waals surface area contributed by atoms with Crippen LogP contribution in [-0.4, -0.2) is 162 Å². The predicted molar refractivity (Wildman–Crippen MR) is 291 cm³/mol. The lowest BCUT2D eigenvalue weighted by atomic mass is 10.0. The van der Waals surface area contributed by atoms with Gasteiger partial charge in [-0.3, -0.25) is 9.36 Å². The van der Waals surface area contributed by atoms with E-state index in [1.54, 1.807) is 50.1 Å². The number of urea groups is 2. The molecule has 0 bridgehead atoms. The Hall–Kier alpha value is -7.14. The standard InChI is InChI=1S/C28H37FN8O2.C27H35FN8O2/c1-18(2)39-23-15-36(16-23)28(38)31-12-21-6-5-20(11-19(21)3)25-7-9-30-27(34-25)33-22-13-32-37(14-22)26-8-10-35(4)17-24(26)29;1-17(2)38-22-15-35(16-22)27(37)31-11-20-5-4-19(10-18(20)3)24-6-9-30-26(34-24)33-21-12-32-36(14-21)25-7-8-29-13-23(25)28/h5-7,9,11,13-14,18,23-24,26H,8,10,12,15-17H2,1-4H3,(H,31,38)(H,30,33,34);4-6,9-10,12,14,17,22-23,25,29H,7-8,11,13,15-16H2,1-3H3,(H,31,37)(H,30,33,34)/t24-,26-;23-,25-/m00/s1. The fraction of sp³-hybridized carbons (Fsp3) is 0.491. The highest BCUT2D eigenvalue weighted by molar-refractivity contribution is 5.76. The van der Waals surface area contributed by atoms with Gasteiger partial charge in [0.15, 0.2) is 0 Å². The lowest BCUT2D eigenvalue weighted by molar-refractivity contribution is -0.0642. The van der Waals surface area contributed by atoms with E-state index in [0.29, 0.717) is 82.1 Å². The molecule has 0 spiro atoms. The predicted octanol–water partition coefficient (Wildman–Crippen LogP) is 7.51. The minimum atomic E-state index is -0.969. The molecule has 4 amide bonds. The van der Waals surface area contributed by atoms with Crippen molar-refractivity contribution in [2.24, 2.45) is 0 Å². The maximum Gasteiger partial charge on any atom is 0.317 e. The third kappa shape index (κ3) is 14.3. The summed E-state index contributed by atoms with van der Waals surface area (Å²) >= 11 is 0. The van der Waals surface area contributed by atoms with Crippen molar-refractivity contribution in [3.8, 4) is 22.5 Å². The van der Waals surface area contributed by atoms with Crippen LogP contribution in [0.2, 0.25) is 0 Å². The number of carbonyl (C=O) groups is 2. The summed E-state index contributed by atoms with van der Waals surface area (Å²) in [6, 6.07) is 15.2. The van der Waals surface area contributed by atoms with E-state index in [4.69, 9.17) is 9.47 Å². The largest absolute Gasteiger partial charge is 0.372 e. The number of benzene rings is 2. The van der Waals surface area contributed by atoms with Crippen LogP contribution in [0.15, 0.2) is 85.7 Å². The highest BCUT2D eigenvalue weighted by atomic mass is 19.1. The number of anilines is 4. The van der Waals surface area contributed by atoms with Crippen LogP contribution in [0.3, 0.4) is 0 Å². The smallest absolute Gasteiger partial charge is 0.317 e. The van der Waals surface area contributed by atoms with Crippen molar-refractivity contribution in [1.82, 2.24) is 70.1 Å². The first-order valence-electron chi connectivity index (χ1n) is 26.6. The quantitative estimate of drug-likeness (QED) is 0.0636. The number of hydrogen-bond donors (Lipinski definition) is 5. The molecule has 410 valence electrons. The normalized spacial score (nSPS) is 20.0. The minimum absolute atomic E-state index is 0.0743. The van der Waals surface area contributed by atoms with Crippen LogP contribution in [0, 0.1) is 13.8 Å². The van der Waals surface area contributed by atoms with E-state index in [9.17, 15) is 18.4 Å². The van der Waals surface area contributed by atoms with Crippen molar-refractivity contribution < 1.29 is 27.8 Å². The van der Waals surface area contributed by atoms with Gasteiger partial charge in [0.25, 0.3) is 0 Å². The second-order valence-corrected chi connectivity index (χ2v) is 20.9. The van der Waals surface area contributed by atoms with E-state index in [1.165, 1.54) is 0 Å². The van der Waals surface area contributed by atoms with Crippen LogP contribution >= 0.6 is 0 Å². The van der Waals surface area contributed by atoms with Gasteiger partial charge in [-0.15, -0.1) is 0 Å². The van der Waals surface area contributed by atoms with Crippen molar-refractivity contribution in [3.05, 3.63) is 108 Å². The van der Waals surface area contributed by atoms with Crippen LogP contribution in [0.25, 0.3) is 22.5 Å². The monoisotopic (exact) mass is 1060 g/mol. The molecule has 4 fully saturated rings. The van der Waals surface area contributed by atoms with Crippen molar-refractivity contribution in [2.45, 2.75) is 116 Å². The molecule has 4 aliphatic rings. The zero-order valence-corrected chi connectivity index (χ0v) is 45.0. The highest BCUT2D eigenvalue weighted by Gasteiger charge is 2.34. The van der Waals surface area contributed by atoms with Crippen molar-refractivity contribution in [3.63, 3.8) is 0 Å². The van der Waals surface area contributed by atoms with Gasteiger partial charge in [-0.2, -0.15) is 10.2 Å². The Morgan fingerprint density at radius 3 is 1.60 bits per heavy atom. The Morgan fingerprint density at radius 1 is 0.675 bits per heavy atom. The number of halogens is 2. The molecule has 8 heterocycles. The Morgan fingerprint density at radius 2 is 1.16 bits per heavy atom. The molecule has 4 atom stereocenters. The summed E-state index contributed by atoms with van der Waals surface area (Å²) < 4.78 is 43.6. The maximum absolute atomic E-state index is 14.5. The number of aromatic nitrogens is 8. The third-order valence-corrected chi connectivity index (χ3v) is 14.1. The van der Waals surface area contributed by atoms with Crippen LogP contribution < -0.4 is 26.6 Å². The summed E-state index contributed by atoms with van der Waals surface area (Å²) in [5, 5.41) is 24.2. The molecular weight excluding hydrogens is 987 g/mol. The summed E-state index contributed by atoms with van der Waals surface area (Å²) in [5.41, 5.74) is 9.07. The van der Waals surface area contributed by atoms with Gasteiger partial charge in [-0.1, -0.05) is 24.3 Å². The molecule has 4 aliphatic heterocycles. The number of piperidine rings is 2. The molecule has 0 aliphatic carbocycles. The Balaban J connectivity index is 0.000000188. The van der Waals surface area contributed by atoms with E-state index in [1.807, 2.05) is 96.1 Å². The molecule has 2 aromatic carbocycles. The van der Waals surface area contributed by atoms with Gasteiger partial charge < -0.3 is 50.8 Å². The minimum Gasteiger partial charge on any atom is -0.372 e. The number of amides is 4. The van der Waals surface area contributed by atoms with E-state index in [-0.39, 0.29) is 48.6 Å². The Bertz CT molecular complexity index is 2940. The van der Waals surface area contributed by atoms with Crippen molar-refractivity contribution in [1.29, 1.82) is 0 Å². The molecule has 4 aromatic heterocycles. The Kier molecular flexibility index (Phi) is 17.7. The van der Waals surface area contributed by atoms with E-state index in [2.05, 4.69) is 68.8 Å². The average molecular weight is 1060 g/mol. The summed E-state index contributed by atoms with van der Waals surface area (Å²) in [6.07, 6.45) is 10.4. The number of nitrogens with zero attached hydrogens (tertiary/aromatic N) is 11. The molecule has 10 rings (SSSR count). The number of hydrogen-bond acceptors (Lipinski definition) is 14. The van der Waals surface area contributed by atoms with Gasteiger partial charge in [0.05, 0.1) is 97.8 Å². The number of alkyl halides is 2. The SMILES string of the molecule is Cc1cc(-c2ccnc(Nc3cnn([C@H]4CCN(C)C[C@@H]4F)c3)n2)ccc1CNC(=O)N1CC(OC(C)C)C1.Cc1cc(-c2ccnc(Nc3cnn([C@H]4CCNC[C@@H]4F)c3)n2)ccc1CNC(=O)N1CC(OC(C)C)C1. The molecule has 0 radical (unpaired) electrons. The zero-order chi connectivity index (χ0) is 54.2. The van der Waals surface area contributed by atoms with Gasteiger partial charge in [-0.25, -0.2) is 38.3 Å². The van der Waals surface area contributed by atoms with Gasteiger partial charge >= 0.3 is 12.1 Å². The number of nitrogens with one attached hydrogen (secondary N) is 5. The molecule has 4 saturated heterocycles. The van der Waals surface area contributed by atoms with Crippen LogP contribution in [0.1, 0.15) is 74.9 Å². The second-order valence-electron chi connectivity index (χ2n) is 20.9. The second kappa shape index (κ2) is 24.9. The maximum atomic E-state index is 14.5.